The SMILES string of the molecule is C[C@]12CC[C@H](O)CC1=CCC1C2CC[C@]2(C)/C(=C/c3ccccn3)C(=O)CC12. The van der Waals surface area contributed by atoms with Gasteiger partial charge in [0.2, 0.25) is 0 Å². The smallest absolute Gasteiger partial charge is 0.159 e. The summed E-state index contributed by atoms with van der Waals surface area (Å²) in [5, 5.41) is 10.2. The van der Waals surface area contributed by atoms with E-state index in [4.69, 9.17) is 0 Å². The number of hydrogen-bond donors (Lipinski definition) is 1. The lowest BCUT2D eigenvalue weighted by molar-refractivity contribution is -0.115. The molecule has 0 radical (unpaired) electrons. The van der Waals surface area contributed by atoms with Crippen LogP contribution in [0.2, 0.25) is 0 Å². The van der Waals surface area contributed by atoms with Gasteiger partial charge in [0.05, 0.1) is 11.8 Å². The minimum Gasteiger partial charge on any atom is -0.393 e. The molecule has 0 bridgehead atoms. The fraction of sp³-hybridized carbons (Fsp3) is 0.600. The number of aliphatic hydroxyl groups is 1. The first-order valence-electron chi connectivity index (χ1n) is 11.0. The van der Waals surface area contributed by atoms with Crippen molar-refractivity contribution in [2.75, 3.05) is 0 Å². The zero-order chi connectivity index (χ0) is 19.5. The van der Waals surface area contributed by atoms with Crippen LogP contribution in [-0.2, 0) is 4.79 Å². The van der Waals surface area contributed by atoms with Gasteiger partial charge in [-0.3, -0.25) is 9.78 Å². The Bertz CT molecular complexity index is 857. The first-order valence-corrected chi connectivity index (χ1v) is 11.0. The molecule has 1 aromatic rings. The average molecular weight is 378 g/mol. The summed E-state index contributed by atoms with van der Waals surface area (Å²) < 4.78 is 0. The molecular formula is C25H31NO2. The van der Waals surface area contributed by atoms with E-state index >= 15 is 0 Å². The van der Waals surface area contributed by atoms with Crippen molar-refractivity contribution >= 4 is 11.9 Å². The van der Waals surface area contributed by atoms with Crippen LogP contribution >= 0.6 is 0 Å². The molecule has 0 aromatic carbocycles. The third-order valence-corrected chi connectivity index (χ3v) is 8.77. The molecule has 1 aromatic heterocycles. The second kappa shape index (κ2) is 6.38. The molecule has 0 spiro atoms. The van der Waals surface area contributed by atoms with Crippen molar-refractivity contribution in [3.05, 3.63) is 47.3 Å². The highest BCUT2D eigenvalue weighted by atomic mass is 16.3. The molecule has 0 amide bonds. The molecule has 6 atom stereocenters. The number of pyridine rings is 1. The number of fused-ring (bicyclic) bond motifs is 5. The summed E-state index contributed by atoms with van der Waals surface area (Å²) in [6, 6.07) is 5.90. The van der Waals surface area contributed by atoms with Gasteiger partial charge in [-0.1, -0.05) is 31.6 Å². The molecule has 0 saturated heterocycles. The number of ketones is 1. The van der Waals surface area contributed by atoms with E-state index in [0.717, 1.165) is 43.4 Å². The Morgan fingerprint density at radius 3 is 2.71 bits per heavy atom. The maximum atomic E-state index is 13.1. The minimum atomic E-state index is -0.161. The van der Waals surface area contributed by atoms with E-state index in [-0.39, 0.29) is 16.9 Å². The van der Waals surface area contributed by atoms with E-state index in [2.05, 4.69) is 31.0 Å². The summed E-state index contributed by atoms with van der Waals surface area (Å²) in [5.41, 5.74) is 3.60. The van der Waals surface area contributed by atoms with Crippen molar-refractivity contribution in [2.24, 2.45) is 28.6 Å². The lowest BCUT2D eigenvalue weighted by Gasteiger charge is -2.57. The highest BCUT2D eigenvalue weighted by molar-refractivity contribution is 6.03. The molecule has 3 nitrogen and oxygen atoms in total. The van der Waals surface area contributed by atoms with Crippen LogP contribution in [0.3, 0.4) is 0 Å². The quantitative estimate of drug-likeness (QED) is 0.555. The number of hydrogen-bond acceptors (Lipinski definition) is 3. The van der Waals surface area contributed by atoms with E-state index in [0.29, 0.717) is 30.0 Å². The van der Waals surface area contributed by atoms with Gasteiger partial charge in [0.25, 0.3) is 0 Å². The zero-order valence-electron chi connectivity index (χ0n) is 17.0. The average Bonchev–Trinajstić information content (AvgIpc) is 2.94. The first-order chi connectivity index (χ1) is 13.4. The molecule has 1 heterocycles. The normalized spacial score (nSPS) is 43.9. The Balaban J connectivity index is 1.50. The van der Waals surface area contributed by atoms with E-state index < -0.39 is 0 Å². The van der Waals surface area contributed by atoms with Gasteiger partial charge in [-0.25, -0.2) is 0 Å². The van der Waals surface area contributed by atoms with Crippen molar-refractivity contribution in [1.82, 2.24) is 4.98 Å². The van der Waals surface area contributed by atoms with Crippen molar-refractivity contribution < 1.29 is 9.90 Å². The molecule has 4 aliphatic rings. The van der Waals surface area contributed by atoms with Gasteiger partial charge in [0.15, 0.2) is 5.78 Å². The molecule has 3 heteroatoms. The van der Waals surface area contributed by atoms with Crippen molar-refractivity contribution in [3.8, 4) is 0 Å². The van der Waals surface area contributed by atoms with Crippen molar-refractivity contribution in [1.29, 1.82) is 0 Å². The Labute approximate surface area is 168 Å². The number of Topliss-reactive ketones (excluding diaryl/α,β-unsaturated/α-hetero) is 1. The van der Waals surface area contributed by atoms with Gasteiger partial charge in [-0.15, -0.1) is 0 Å². The Kier molecular flexibility index (Phi) is 4.17. The Morgan fingerprint density at radius 1 is 1.11 bits per heavy atom. The predicted molar refractivity (Wildman–Crippen MR) is 110 cm³/mol. The fourth-order valence-electron chi connectivity index (χ4n) is 7.16. The lowest BCUT2D eigenvalue weighted by Crippen LogP contribution is -2.49. The van der Waals surface area contributed by atoms with E-state index in [9.17, 15) is 9.90 Å². The lowest BCUT2D eigenvalue weighted by atomic mass is 9.48. The number of aromatic nitrogens is 1. The van der Waals surface area contributed by atoms with Crippen LogP contribution in [0.15, 0.2) is 41.6 Å². The monoisotopic (exact) mass is 377 g/mol. The number of allylic oxidation sites excluding steroid dienone is 2. The third-order valence-electron chi connectivity index (χ3n) is 8.77. The summed E-state index contributed by atoms with van der Waals surface area (Å²) in [6.07, 6.45) is 13.0. The van der Waals surface area contributed by atoms with Gasteiger partial charge in [-0.05, 0) is 85.3 Å². The van der Waals surface area contributed by atoms with Crippen LogP contribution in [-0.4, -0.2) is 22.0 Å². The summed E-state index contributed by atoms with van der Waals surface area (Å²) in [4.78, 5) is 17.5. The number of carbonyl (C=O) groups is 1. The number of rotatable bonds is 1. The van der Waals surface area contributed by atoms with Crippen molar-refractivity contribution in [3.63, 3.8) is 0 Å². The van der Waals surface area contributed by atoms with Gasteiger partial charge in [0.1, 0.15) is 0 Å². The summed E-state index contributed by atoms with van der Waals surface area (Å²) >= 11 is 0. The molecule has 0 aliphatic heterocycles. The molecule has 3 saturated carbocycles. The molecule has 148 valence electrons. The standard InChI is InChI=1S/C25H31NO2/c1-24-10-8-18(27)13-16(24)6-7-19-20(24)9-11-25(2)21(19)15-23(28)22(25)14-17-5-3-4-12-26-17/h3-6,12,14,18-21,27H,7-11,13,15H2,1-2H3/b22-14+/t18-,19?,20?,21?,24-,25-/m0/s1. The molecule has 28 heavy (non-hydrogen) atoms. The van der Waals surface area contributed by atoms with E-state index in [1.54, 1.807) is 6.20 Å². The van der Waals surface area contributed by atoms with Crippen molar-refractivity contribution in [2.45, 2.75) is 64.9 Å². The summed E-state index contributed by atoms with van der Waals surface area (Å²) in [5.74, 6) is 2.01. The molecular weight excluding hydrogens is 346 g/mol. The zero-order valence-corrected chi connectivity index (χ0v) is 17.0. The number of carbonyl (C=O) groups excluding carboxylic acids is 1. The highest BCUT2D eigenvalue weighted by Crippen LogP contribution is 2.65. The van der Waals surface area contributed by atoms with Crippen LogP contribution in [0.1, 0.15) is 64.5 Å². The van der Waals surface area contributed by atoms with Crippen LogP contribution in [0, 0.1) is 28.6 Å². The van der Waals surface area contributed by atoms with Crippen LogP contribution in [0.25, 0.3) is 6.08 Å². The van der Waals surface area contributed by atoms with Gasteiger partial charge < -0.3 is 5.11 Å². The maximum absolute atomic E-state index is 13.1. The maximum Gasteiger partial charge on any atom is 0.159 e. The molecule has 5 rings (SSSR count). The molecule has 1 N–H and O–H groups in total. The topological polar surface area (TPSA) is 50.2 Å². The van der Waals surface area contributed by atoms with Gasteiger partial charge >= 0.3 is 0 Å². The number of aliphatic hydroxyl groups excluding tert-OH is 1. The third kappa shape index (κ3) is 2.58. The minimum absolute atomic E-state index is 0.0222. The Morgan fingerprint density at radius 2 is 1.93 bits per heavy atom. The fourth-order valence-corrected chi connectivity index (χ4v) is 7.16. The largest absolute Gasteiger partial charge is 0.393 e. The van der Waals surface area contributed by atoms with Crippen LogP contribution in [0.5, 0.6) is 0 Å². The molecule has 3 fully saturated rings. The van der Waals surface area contributed by atoms with Gasteiger partial charge in [0, 0.05) is 18.2 Å². The molecule has 4 aliphatic carbocycles. The van der Waals surface area contributed by atoms with E-state index in [1.807, 2.05) is 18.2 Å². The second-order valence-corrected chi connectivity index (χ2v) is 10.1. The molecule has 3 unspecified atom stereocenters. The van der Waals surface area contributed by atoms with Crippen LogP contribution < -0.4 is 0 Å². The summed E-state index contributed by atoms with van der Waals surface area (Å²) in [7, 11) is 0. The van der Waals surface area contributed by atoms with Crippen LogP contribution in [0.4, 0.5) is 0 Å². The number of nitrogens with zero attached hydrogens (tertiary/aromatic N) is 1. The second-order valence-electron chi connectivity index (χ2n) is 10.1. The predicted octanol–water partition coefficient (Wildman–Crippen LogP) is 4.97. The highest BCUT2D eigenvalue weighted by Gasteiger charge is 2.59. The van der Waals surface area contributed by atoms with E-state index in [1.165, 1.54) is 12.0 Å². The summed E-state index contributed by atoms with van der Waals surface area (Å²) in [6.45, 7) is 4.77. The Hall–Kier alpha value is -1.74. The van der Waals surface area contributed by atoms with Gasteiger partial charge in [-0.2, -0.15) is 0 Å². The first kappa shape index (κ1) is 18.3.